The maximum Gasteiger partial charge on any atom is 0.254 e. The van der Waals surface area contributed by atoms with Crippen molar-refractivity contribution in [2.75, 3.05) is 6.54 Å². The third-order valence-electron chi connectivity index (χ3n) is 2.75. The second-order valence-corrected chi connectivity index (χ2v) is 4.97. The number of phenols is 1. The molecule has 0 aromatic heterocycles. The molecule has 1 aromatic rings. The van der Waals surface area contributed by atoms with Crippen LogP contribution in [0.1, 0.15) is 29.8 Å². The zero-order chi connectivity index (χ0) is 13.9. The Bertz CT molecular complexity index is 472. The number of carbonyl (C=O) groups excluding carboxylic acids is 1. The van der Waals surface area contributed by atoms with Crippen molar-refractivity contribution >= 4 is 23.1 Å². The minimum atomic E-state index is -0.175. The summed E-state index contributed by atoms with van der Waals surface area (Å²) in [6.45, 7) is 5.74. The van der Waals surface area contributed by atoms with Crippen molar-refractivity contribution in [3.63, 3.8) is 0 Å². The highest BCUT2D eigenvalue weighted by molar-refractivity contribution is 7.80. The Morgan fingerprint density at radius 3 is 2.61 bits per heavy atom. The lowest BCUT2D eigenvalue weighted by Gasteiger charge is -2.27. The van der Waals surface area contributed by atoms with Gasteiger partial charge in [0.2, 0.25) is 0 Å². The van der Waals surface area contributed by atoms with Crippen LogP contribution >= 0.6 is 12.2 Å². The fraction of sp³-hybridized carbons (Fsp3) is 0.385. The first kappa shape index (κ1) is 14.4. The number of benzene rings is 1. The topological polar surface area (TPSA) is 66.6 Å². The summed E-state index contributed by atoms with van der Waals surface area (Å²) in [5.41, 5.74) is 6.54. The summed E-state index contributed by atoms with van der Waals surface area (Å²) in [7, 11) is 0. The van der Waals surface area contributed by atoms with Gasteiger partial charge >= 0.3 is 0 Å². The first-order valence-corrected chi connectivity index (χ1v) is 6.13. The van der Waals surface area contributed by atoms with E-state index in [4.69, 9.17) is 18.0 Å². The number of aromatic hydroxyl groups is 1. The lowest BCUT2D eigenvalue weighted by atomic mass is 10.1. The maximum absolute atomic E-state index is 12.4. The molecule has 4 nitrogen and oxygen atoms in total. The number of amides is 1. The van der Waals surface area contributed by atoms with Gasteiger partial charge in [0.15, 0.2) is 0 Å². The molecule has 0 unspecified atom stereocenters. The monoisotopic (exact) mass is 266 g/mol. The molecule has 0 radical (unpaired) electrons. The highest BCUT2D eigenvalue weighted by atomic mass is 32.1. The summed E-state index contributed by atoms with van der Waals surface area (Å²) >= 11 is 4.85. The number of phenolic OH excluding ortho intramolecular Hbond substituents is 1. The Morgan fingerprint density at radius 1 is 1.50 bits per heavy atom. The van der Waals surface area contributed by atoms with E-state index < -0.39 is 0 Å². The Morgan fingerprint density at radius 2 is 2.11 bits per heavy atom. The molecule has 0 aliphatic rings. The van der Waals surface area contributed by atoms with Crippen LogP contribution in [0.25, 0.3) is 0 Å². The molecule has 0 atom stereocenters. The van der Waals surface area contributed by atoms with Crippen molar-refractivity contribution in [3.05, 3.63) is 29.3 Å². The molecule has 0 saturated heterocycles. The molecular weight excluding hydrogens is 248 g/mol. The van der Waals surface area contributed by atoms with Crippen LogP contribution in [-0.2, 0) is 0 Å². The molecule has 0 spiro atoms. The van der Waals surface area contributed by atoms with Gasteiger partial charge in [0.1, 0.15) is 5.75 Å². The molecule has 5 heteroatoms. The van der Waals surface area contributed by atoms with Crippen molar-refractivity contribution in [3.8, 4) is 5.75 Å². The Labute approximate surface area is 112 Å². The lowest BCUT2D eigenvalue weighted by Crippen LogP contribution is -2.42. The van der Waals surface area contributed by atoms with Crippen molar-refractivity contribution in [1.82, 2.24) is 4.90 Å². The molecular formula is C13H18N2O2S. The normalized spacial score (nSPS) is 10.4. The van der Waals surface area contributed by atoms with Crippen LogP contribution in [0, 0.1) is 6.92 Å². The van der Waals surface area contributed by atoms with Gasteiger partial charge in [-0.3, -0.25) is 4.79 Å². The minimum Gasteiger partial charge on any atom is -0.508 e. The molecule has 0 heterocycles. The average Bonchev–Trinajstić information content (AvgIpc) is 2.28. The van der Waals surface area contributed by atoms with Gasteiger partial charge in [0.05, 0.1) is 11.5 Å². The van der Waals surface area contributed by atoms with Crippen LogP contribution in [0.3, 0.4) is 0 Å². The van der Waals surface area contributed by atoms with Crippen LogP contribution in [0.4, 0.5) is 0 Å². The van der Waals surface area contributed by atoms with E-state index >= 15 is 0 Å². The summed E-state index contributed by atoms with van der Waals surface area (Å²) in [6, 6.07) is 4.88. The van der Waals surface area contributed by atoms with Crippen LogP contribution in [-0.4, -0.2) is 33.5 Å². The van der Waals surface area contributed by atoms with Crippen molar-refractivity contribution in [1.29, 1.82) is 0 Å². The maximum atomic E-state index is 12.4. The average molecular weight is 266 g/mol. The molecule has 0 aliphatic carbocycles. The van der Waals surface area contributed by atoms with Gasteiger partial charge in [-0.05, 0) is 32.9 Å². The second-order valence-electron chi connectivity index (χ2n) is 4.44. The van der Waals surface area contributed by atoms with E-state index in [1.807, 2.05) is 13.8 Å². The van der Waals surface area contributed by atoms with Gasteiger partial charge in [-0.2, -0.15) is 0 Å². The van der Waals surface area contributed by atoms with Crippen LogP contribution in [0.15, 0.2) is 18.2 Å². The van der Waals surface area contributed by atoms with Crippen LogP contribution < -0.4 is 5.73 Å². The Hall–Kier alpha value is -1.62. The number of hydrogen-bond acceptors (Lipinski definition) is 3. The zero-order valence-corrected chi connectivity index (χ0v) is 11.6. The van der Waals surface area contributed by atoms with E-state index in [0.29, 0.717) is 11.1 Å². The van der Waals surface area contributed by atoms with Gasteiger partial charge < -0.3 is 15.7 Å². The highest BCUT2D eigenvalue weighted by Crippen LogP contribution is 2.21. The number of nitrogens with two attached hydrogens (primary N) is 1. The van der Waals surface area contributed by atoms with Crippen molar-refractivity contribution in [2.45, 2.75) is 26.8 Å². The second kappa shape index (κ2) is 5.82. The first-order chi connectivity index (χ1) is 8.34. The van der Waals surface area contributed by atoms with Gasteiger partial charge in [-0.1, -0.05) is 18.3 Å². The van der Waals surface area contributed by atoms with Gasteiger partial charge in [-0.15, -0.1) is 0 Å². The summed E-state index contributed by atoms with van der Waals surface area (Å²) in [5, 5.41) is 9.63. The van der Waals surface area contributed by atoms with Gasteiger partial charge in [0.25, 0.3) is 5.91 Å². The number of nitrogens with zero attached hydrogens (tertiary/aromatic N) is 1. The molecule has 0 saturated carbocycles. The highest BCUT2D eigenvalue weighted by Gasteiger charge is 2.21. The van der Waals surface area contributed by atoms with E-state index in [9.17, 15) is 9.90 Å². The number of hydrogen-bond donors (Lipinski definition) is 2. The molecule has 98 valence electrons. The summed E-state index contributed by atoms with van der Waals surface area (Å²) < 4.78 is 0. The summed E-state index contributed by atoms with van der Waals surface area (Å²) in [4.78, 5) is 14.3. The first-order valence-electron chi connectivity index (χ1n) is 5.72. The van der Waals surface area contributed by atoms with E-state index in [2.05, 4.69) is 0 Å². The predicted molar refractivity (Wildman–Crippen MR) is 75.8 cm³/mol. The van der Waals surface area contributed by atoms with Gasteiger partial charge in [0, 0.05) is 17.2 Å². The van der Waals surface area contributed by atoms with Crippen molar-refractivity contribution < 1.29 is 9.90 Å². The van der Waals surface area contributed by atoms with Crippen molar-refractivity contribution in [2.24, 2.45) is 5.73 Å². The molecule has 0 aliphatic heterocycles. The Balaban J connectivity index is 3.10. The lowest BCUT2D eigenvalue weighted by molar-refractivity contribution is 0.0735. The third-order valence-corrected chi connectivity index (χ3v) is 2.88. The fourth-order valence-electron chi connectivity index (χ4n) is 1.67. The standard InChI is InChI=1S/C13H18N2O2S/c1-8(2)15(7-12(14)18)13(17)10-5-4-6-11(16)9(10)3/h4-6,8,16H,7H2,1-3H3,(H2,14,18). The van der Waals surface area contributed by atoms with E-state index in [1.165, 1.54) is 0 Å². The quantitative estimate of drug-likeness (QED) is 0.816. The summed E-state index contributed by atoms with van der Waals surface area (Å²) in [5.74, 6) is -0.0638. The SMILES string of the molecule is Cc1c(O)cccc1C(=O)N(CC(N)=S)C(C)C. The van der Waals surface area contributed by atoms with E-state index in [1.54, 1.807) is 30.0 Å². The predicted octanol–water partition coefficient (Wildman–Crippen LogP) is 1.84. The third kappa shape index (κ3) is 3.20. The Kier molecular flexibility index (Phi) is 4.67. The van der Waals surface area contributed by atoms with Crippen LogP contribution in [0.5, 0.6) is 5.75 Å². The molecule has 1 rings (SSSR count). The summed E-state index contributed by atoms with van der Waals surface area (Å²) in [6.07, 6.45) is 0. The number of rotatable bonds is 4. The fourth-order valence-corrected chi connectivity index (χ4v) is 1.81. The minimum absolute atomic E-state index is 0.0132. The van der Waals surface area contributed by atoms with E-state index in [-0.39, 0.29) is 29.2 Å². The van der Waals surface area contributed by atoms with E-state index in [0.717, 1.165) is 0 Å². The molecule has 18 heavy (non-hydrogen) atoms. The molecule has 1 aromatic carbocycles. The number of thiocarbonyl (C=S) groups is 1. The number of carbonyl (C=O) groups is 1. The zero-order valence-electron chi connectivity index (χ0n) is 10.8. The van der Waals surface area contributed by atoms with Crippen LogP contribution in [0.2, 0.25) is 0 Å². The molecule has 0 bridgehead atoms. The molecule has 0 fully saturated rings. The molecule has 3 N–H and O–H groups in total. The van der Waals surface area contributed by atoms with Gasteiger partial charge in [-0.25, -0.2) is 0 Å². The smallest absolute Gasteiger partial charge is 0.254 e. The molecule has 1 amide bonds. The largest absolute Gasteiger partial charge is 0.508 e.